The molecule has 1 amide bonds. The molecule has 1 aromatic heterocycles. The van der Waals surface area contributed by atoms with Crippen molar-refractivity contribution in [1.82, 2.24) is 10.3 Å². The topological polar surface area (TPSA) is 110 Å². The van der Waals surface area contributed by atoms with Crippen LogP contribution in [0.15, 0.2) is 42.5 Å². The molecule has 2 fully saturated rings. The number of hydrogen-bond donors (Lipinski definition) is 3. The lowest BCUT2D eigenvalue weighted by Gasteiger charge is -2.35. The van der Waals surface area contributed by atoms with Crippen LogP contribution in [0.3, 0.4) is 0 Å². The van der Waals surface area contributed by atoms with Gasteiger partial charge in [-0.2, -0.15) is 0 Å². The standard InChI is InChI=1S/C33H41N3O5/c37-32(38)29(36-33(39)41-30-11-5-4-9-25(30)14-12-23-7-2-1-3-8-23)18-20-40-28-21-24(22-28)13-16-27-17-15-26-10-6-19-34-31(26)35-27/h1-3,7-8,15,17,24-25,28-30H,4-6,9-11,13,16,18-22H2,(H,34,35)(H,36,39)(H,37,38)/t24?,25-,28?,29?,30-/m1/s1. The van der Waals surface area contributed by atoms with Crippen molar-refractivity contribution in [3.63, 3.8) is 0 Å². The molecule has 41 heavy (non-hydrogen) atoms. The normalized spacial score (nSPS) is 23.9. The Morgan fingerprint density at radius 1 is 1.10 bits per heavy atom. The summed E-state index contributed by atoms with van der Waals surface area (Å²) in [6.07, 6.45) is 9.12. The zero-order valence-electron chi connectivity index (χ0n) is 23.6. The maximum Gasteiger partial charge on any atom is 0.408 e. The van der Waals surface area contributed by atoms with Crippen molar-refractivity contribution in [1.29, 1.82) is 0 Å². The zero-order chi connectivity index (χ0) is 28.4. The number of nitrogens with zero attached hydrogens (tertiary/aromatic N) is 1. The SMILES string of the molecule is O=C(NC(CCOC1CC(CCc2ccc3c(n2)NCCC3)C1)C(=O)O)O[C@@H]1CCCC[C@@H]1C#Cc1ccccc1. The van der Waals surface area contributed by atoms with Gasteiger partial charge in [-0.3, -0.25) is 0 Å². The number of amides is 1. The lowest BCUT2D eigenvalue weighted by atomic mass is 9.79. The van der Waals surface area contributed by atoms with Gasteiger partial charge in [0.2, 0.25) is 0 Å². The molecule has 8 nitrogen and oxygen atoms in total. The zero-order valence-corrected chi connectivity index (χ0v) is 23.6. The number of rotatable bonds is 10. The van der Waals surface area contributed by atoms with E-state index in [0.717, 1.165) is 87.8 Å². The van der Waals surface area contributed by atoms with Crippen LogP contribution in [0.2, 0.25) is 0 Å². The van der Waals surface area contributed by atoms with Gasteiger partial charge >= 0.3 is 12.1 Å². The highest BCUT2D eigenvalue weighted by molar-refractivity contribution is 5.79. The number of anilines is 1. The largest absolute Gasteiger partial charge is 0.480 e. The summed E-state index contributed by atoms with van der Waals surface area (Å²) in [7, 11) is 0. The number of aromatic nitrogens is 1. The van der Waals surface area contributed by atoms with Crippen molar-refractivity contribution in [2.45, 2.75) is 88.9 Å². The van der Waals surface area contributed by atoms with E-state index in [9.17, 15) is 14.7 Å². The van der Waals surface area contributed by atoms with Crippen molar-refractivity contribution in [2.24, 2.45) is 11.8 Å². The summed E-state index contributed by atoms with van der Waals surface area (Å²) in [5, 5.41) is 15.6. The Hall–Kier alpha value is -3.57. The number of nitrogens with one attached hydrogen (secondary N) is 2. The van der Waals surface area contributed by atoms with Crippen LogP contribution >= 0.6 is 0 Å². The maximum absolute atomic E-state index is 12.6. The van der Waals surface area contributed by atoms with Gasteiger partial charge in [-0.25, -0.2) is 14.6 Å². The second-order valence-electron chi connectivity index (χ2n) is 11.5. The number of pyridine rings is 1. The lowest BCUT2D eigenvalue weighted by molar-refractivity contribution is -0.140. The minimum Gasteiger partial charge on any atom is -0.480 e. The number of carboxylic acid groups (broad SMARTS) is 1. The Kier molecular flexibility index (Phi) is 10.1. The highest BCUT2D eigenvalue weighted by Crippen LogP contribution is 2.34. The Balaban J connectivity index is 1.00. The quantitative estimate of drug-likeness (QED) is 0.337. The number of alkyl carbamates (subject to hydrolysis) is 1. The third-order valence-corrected chi connectivity index (χ3v) is 8.44. The minimum atomic E-state index is -1.09. The molecule has 3 atom stereocenters. The molecule has 3 N–H and O–H groups in total. The molecule has 1 aliphatic heterocycles. The van der Waals surface area contributed by atoms with Crippen molar-refractivity contribution < 1.29 is 24.2 Å². The average Bonchev–Trinajstić information content (AvgIpc) is 2.97. The third kappa shape index (κ3) is 8.46. The van der Waals surface area contributed by atoms with E-state index in [1.54, 1.807) is 0 Å². The van der Waals surface area contributed by atoms with Gasteiger partial charge in [0, 0.05) is 30.8 Å². The molecule has 2 aromatic rings. The van der Waals surface area contributed by atoms with E-state index in [1.165, 1.54) is 5.56 Å². The monoisotopic (exact) mass is 559 g/mol. The minimum absolute atomic E-state index is 0.0624. The van der Waals surface area contributed by atoms with Gasteiger partial charge in [0.15, 0.2) is 0 Å². The number of hydrogen-bond acceptors (Lipinski definition) is 6. The number of carbonyl (C=O) groups excluding carboxylic acids is 1. The van der Waals surface area contributed by atoms with E-state index >= 15 is 0 Å². The molecule has 5 rings (SSSR count). The summed E-state index contributed by atoms with van der Waals surface area (Å²) in [6.45, 7) is 1.27. The third-order valence-electron chi connectivity index (χ3n) is 8.44. The first-order valence-corrected chi connectivity index (χ1v) is 15.1. The molecule has 3 aliphatic rings. The molecule has 8 heteroatoms. The molecule has 2 heterocycles. The van der Waals surface area contributed by atoms with Crippen LogP contribution < -0.4 is 10.6 Å². The van der Waals surface area contributed by atoms with E-state index in [2.05, 4.69) is 34.6 Å². The second-order valence-corrected chi connectivity index (χ2v) is 11.5. The summed E-state index contributed by atoms with van der Waals surface area (Å²) >= 11 is 0. The van der Waals surface area contributed by atoms with Gasteiger partial charge in [-0.05, 0) is 87.5 Å². The van der Waals surface area contributed by atoms with Crippen molar-refractivity contribution in [2.75, 3.05) is 18.5 Å². The van der Waals surface area contributed by atoms with Gasteiger partial charge in [0.1, 0.15) is 18.0 Å². The van der Waals surface area contributed by atoms with E-state index in [1.807, 2.05) is 30.3 Å². The number of aliphatic carboxylic acids is 1. The first-order valence-electron chi connectivity index (χ1n) is 15.1. The fourth-order valence-electron chi connectivity index (χ4n) is 5.93. The van der Waals surface area contributed by atoms with E-state index < -0.39 is 18.1 Å². The van der Waals surface area contributed by atoms with Crippen LogP contribution in [-0.2, 0) is 27.1 Å². The molecular weight excluding hydrogens is 518 g/mol. The summed E-state index contributed by atoms with van der Waals surface area (Å²) in [4.78, 5) is 29.2. The van der Waals surface area contributed by atoms with E-state index in [0.29, 0.717) is 5.92 Å². The van der Waals surface area contributed by atoms with Crippen LogP contribution in [0, 0.1) is 23.7 Å². The Morgan fingerprint density at radius 3 is 2.76 bits per heavy atom. The van der Waals surface area contributed by atoms with Gasteiger partial charge in [-0.15, -0.1) is 0 Å². The predicted molar refractivity (Wildman–Crippen MR) is 157 cm³/mol. The summed E-state index contributed by atoms with van der Waals surface area (Å²) in [5.74, 6) is 6.94. The van der Waals surface area contributed by atoms with E-state index in [4.69, 9.17) is 14.5 Å². The maximum atomic E-state index is 12.6. The molecule has 2 saturated carbocycles. The molecule has 218 valence electrons. The fraction of sp³-hybridized carbons (Fsp3) is 0.545. The highest BCUT2D eigenvalue weighted by Gasteiger charge is 2.31. The van der Waals surface area contributed by atoms with Crippen LogP contribution in [0.5, 0.6) is 0 Å². The van der Waals surface area contributed by atoms with E-state index in [-0.39, 0.29) is 31.2 Å². The molecule has 0 saturated heterocycles. The lowest BCUT2D eigenvalue weighted by Crippen LogP contribution is -2.44. The molecule has 2 aliphatic carbocycles. The molecule has 1 unspecified atom stereocenters. The van der Waals surface area contributed by atoms with Crippen LogP contribution in [0.4, 0.5) is 10.6 Å². The van der Waals surface area contributed by atoms with Crippen LogP contribution in [-0.4, -0.2) is 53.6 Å². The number of fused-ring (bicyclic) bond motifs is 1. The number of ether oxygens (including phenoxy) is 2. The van der Waals surface area contributed by atoms with Crippen LogP contribution in [0.1, 0.15) is 74.6 Å². The van der Waals surface area contributed by atoms with Crippen molar-refractivity contribution >= 4 is 17.9 Å². The summed E-state index contributed by atoms with van der Waals surface area (Å²) in [6, 6.07) is 13.0. The average molecular weight is 560 g/mol. The van der Waals surface area contributed by atoms with Crippen molar-refractivity contribution in [3.05, 3.63) is 59.3 Å². The predicted octanol–water partition coefficient (Wildman–Crippen LogP) is 5.35. The fourth-order valence-corrected chi connectivity index (χ4v) is 5.93. The Bertz CT molecular complexity index is 1230. The molecular formula is C33H41N3O5. The van der Waals surface area contributed by atoms with Gasteiger partial charge < -0.3 is 25.2 Å². The first kappa shape index (κ1) is 28.9. The number of carbonyl (C=O) groups is 2. The molecule has 1 aromatic carbocycles. The molecule has 0 spiro atoms. The molecule has 0 bridgehead atoms. The highest BCUT2D eigenvalue weighted by atomic mass is 16.6. The van der Waals surface area contributed by atoms with Gasteiger partial charge in [-0.1, -0.05) is 42.5 Å². The number of benzene rings is 1. The first-order chi connectivity index (χ1) is 20.0. The second kappa shape index (κ2) is 14.4. The van der Waals surface area contributed by atoms with Gasteiger partial charge in [0.05, 0.1) is 12.0 Å². The Labute approximate surface area is 242 Å². The summed E-state index contributed by atoms with van der Waals surface area (Å²) in [5.41, 5.74) is 3.37. The molecule has 0 radical (unpaired) electrons. The number of aryl methyl sites for hydroxylation is 2. The van der Waals surface area contributed by atoms with Gasteiger partial charge in [0.25, 0.3) is 0 Å². The Morgan fingerprint density at radius 2 is 1.93 bits per heavy atom. The smallest absolute Gasteiger partial charge is 0.408 e. The van der Waals surface area contributed by atoms with Crippen molar-refractivity contribution in [3.8, 4) is 11.8 Å². The number of carboxylic acids is 1. The summed E-state index contributed by atoms with van der Waals surface area (Å²) < 4.78 is 11.6. The van der Waals surface area contributed by atoms with Crippen LogP contribution in [0.25, 0.3) is 0 Å².